The standard InChI is InChI=1S/C41H43FN2O5/c1-5-47-38(41(46)48-6-2)25-29-15-21-35(22-16-29)49-24-23-44-37(31-17-19-33(42)20-18-31)27-36(39(44)28(3)4)40(45)43-34-14-10-13-32(26-34)30-11-8-7-9-12-30/h7-22,26-28,38H,5-6,23-25H2,1-4H3,(H,43,45). The number of rotatable bonds is 15. The molecular formula is C41H43FN2O5. The average Bonchev–Trinajstić information content (AvgIpc) is 3.50. The van der Waals surface area contributed by atoms with Gasteiger partial charge in [0.25, 0.3) is 5.91 Å². The van der Waals surface area contributed by atoms with Crippen LogP contribution in [0, 0.1) is 5.82 Å². The second kappa shape index (κ2) is 16.8. The van der Waals surface area contributed by atoms with Crippen molar-refractivity contribution in [1.29, 1.82) is 0 Å². The van der Waals surface area contributed by atoms with Crippen molar-refractivity contribution in [3.63, 3.8) is 0 Å². The highest BCUT2D eigenvalue weighted by Gasteiger charge is 2.24. The third kappa shape index (κ3) is 9.03. The van der Waals surface area contributed by atoms with Gasteiger partial charge in [-0.15, -0.1) is 0 Å². The fourth-order valence-corrected chi connectivity index (χ4v) is 5.91. The number of nitrogens with zero attached hydrogens (tertiary/aromatic N) is 1. The van der Waals surface area contributed by atoms with E-state index in [0.717, 1.165) is 33.6 Å². The quantitative estimate of drug-likeness (QED) is 0.113. The lowest BCUT2D eigenvalue weighted by atomic mass is 10.0. The molecule has 4 aromatic carbocycles. The number of carbonyl (C=O) groups excluding carboxylic acids is 2. The topological polar surface area (TPSA) is 78.8 Å². The van der Waals surface area contributed by atoms with E-state index in [9.17, 15) is 14.0 Å². The van der Waals surface area contributed by atoms with Crippen LogP contribution in [0.2, 0.25) is 0 Å². The Morgan fingerprint density at radius 3 is 2.18 bits per heavy atom. The number of amides is 1. The lowest BCUT2D eigenvalue weighted by molar-refractivity contribution is -0.156. The molecule has 0 spiro atoms. The molecule has 1 N–H and O–H groups in total. The van der Waals surface area contributed by atoms with E-state index in [-0.39, 0.29) is 23.6 Å². The Bertz CT molecular complexity index is 1830. The van der Waals surface area contributed by atoms with Gasteiger partial charge in [-0.2, -0.15) is 0 Å². The number of anilines is 1. The Morgan fingerprint density at radius 1 is 0.796 bits per heavy atom. The van der Waals surface area contributed by atoms with Crippen molar-refractivity contribution in [2.24, 2.45) is 0 Å². The number of hydrogen-bond donors (Lipinski definition) is 1. The highest BCUT2D eigenvalue weighted by molar-refractivity contribution is 6.06. The van der Waals surface area contributed by atoms with E-state index in [1.54, 1.807) is 19.1 Å². The molecule has 5 aromatic rings. The maximum atomic E-state index is 13.9. The fraction of sp³-hybridized carbons (Fsp3) is 0.268. The van der Waals surface area contributed by atoms with Crippen molar-refractivity contribution >= 4 is 17.6 Å². The largest absolute Gasteiger partial charge is 0.492 e. The van der Waals surface area contributed by atoms with Crippen molar-refractivity contribution in [3.8, 4) is 28.1 Å². The summed E-state index contributed by atoms with van der Waals surface area (Å²) in [4.78, 5) is 26.2. The van der Waals surface area contributed by atoms with Crippen molar-refractivity contribution in [3.05, 3.63) is 132 Å². The second-order valence-electron chi connectivity index (χ2n) is 11.9. The number of aromatic nitrogens is 1. The second-order valence-corrected chi connectivity index (χ2v) is 11.9. The molecule has 8 heteroatoms. The summed E-state index contributed by atoms with van der Waals surface area (Å²) in [5.41, 5.74) is 6.69. The van der Waals surface area contributed by atoms with Crippen LogP contribution >= 0.6 is 0 Å². The normalized spacial score (nSPS) is 11.7. The first kappa shape index (κ1) is 35.1. The first-order valence-electron chi connectivity index (χ1n) is 16.7. The summed E-state index contributed by atoms with van der Waals surface area (Å²) in [6.07, 6.45) is -0.264. The van der Waals surface area contributed by atoms with Gasteiger partial charge in [0.2, 0.25) is 0 Å². The highest BCUT2D eigenvalue weighted by Crippen LogP contribution is 2.32. The van der Waals surface area contributed by atoms with E-state index < -0.39 is 6.10 Å². The Balaban J connectivity index is 1.36. The average molecular weight is 663 g/mol. The summed E-state index contributed by atoms with van der Waals surface area (Å²) in [7, 11) is 0. The monoisotopic (exact) mass is 662 g/mol. The zero-order valence-corrected chi connectivity index (χ0v) is 28.4. The molecular weight excluding hydrogens is 619 g/mol. The molecule has 0 radical (unpaired) electrons. The lowest BCUT2D eigenvalue weighted by Crippen LogP contribution is -2.28. The van der Waals surface area contributed by atoms with E-state index in [0.29, 0.717) is 49.8 Å². The Hall–Kier alpha value is -5.21. The number of halogens is 1. The van der Waals surface area contributed by atoms with Crippen LogP contribution in [0.5, 0.6) is 5.75 Å². The van der Waals surface area contributed by atoms with Gasteiger partial charge in [0.15, 0.2) is 6.10 Å². The summed E-state index contributed by atoms with van der Waals surface area (Å²) in [5.74, 6) is -0.249. The van der Waals surface area contributed by atoms with Gasteiger partial charge in [-0.25, -0.2) is 9.18 Å². The van der Waals surface area contributed by atoms with Crippen LogP contribution in [-0.4, -0.2) is 42.4 Å². The first-order chi connectivity index (χ1) is 23.8. The Kier molecular flexibility index (Phi) is 12.0. The third-order valence-electron chi connectivity index (χ3n) is 8.14. The molecule has 49 heavy (non-hydrogen) atoms. The Morgan fingerprint density at radius 2 is 1.51 bits per heavy atom. The minimum Gasteiger partial charge on any atom is -0.492 e. The summed E-state index contributed by atoms with van der Waals surface area (Å²) >= 11 is 0. The van der Waals surface area contributed by atoms with Crippen molar-refractivity contribution < 1.29 is 28.2 Å². The number of esters is 1. The van der Waals surface area contributed by atoms with Gasteiger partial charge in [0.05, 0.1) is 18.7 Å². The molecule has 1 unspecified atom stereocenters. The first-order valence-corrected chi connectivity index (χ1v) is 16.7. The van der Waals surface area contributed by atoms with Crippen LogP contribution in [0.3, 0.4) is 0 Å². The molecule has 0 bridgehead atoms. The molecule has 0 aliphatic carbocycles. The van der Waals surface area contributed by atoms with E-state index in [1.165, 1.54) is 12.1 Å². The predicted molar refractivity (Wildman–Crippen MR) is 191 cm³/mol. The maximum absolute atomic E-state index is 13.9. The molecule has 1 atom stereocenters. The van der Waals surface area contributed by atoms with Gasteiger partial charge in [-0.1, -0.05) is 68.4 Å². The molecule has 5 rings (SSSR count). The predicted octanol–water partition coefficient (Wildman–Crippen LogP) is 8.93. The fourth-order valence-electron chi connectivity index (χ4n) is 5.91. The molecule has 254 valence electrons. The summed E-state index contributed by atoms with van der Waals surface area (Å²) in [6, 6.07) is 33.5. The molecule has 0 saturated carbocycles. The summed E-state index contributed by atoms with van der Waals surface area (Å²) in [5, 5.41) is 3.11. The van der Waals surface area contributed by atoms with Crippen LogP contribution in [0.15, 0.2) is 109 Å². The van der Waals surface area contributed by atoms with Gasteiger partial charge in [-0.3, -0.25) is 4.79 Å². The highest BCUT2D eigenvalue weighted by atomic mass is 19.1. The number of carbonyl (C=O) groups is 2. The molecule has 0 aliphatic rings. The van der Waals surface area contributed by atoms with Crippen LogP contribution in [-0.2, 0) is 27.2 Å². The van der Waals surface area contributed by atoms with Gasteiger partial charge in [0.1, 0.15) is 18.2 Å². The van der Waals surface area contributed by atoms with Crippen molar-refractivity contribution in [2.45, 2.75) is 52.7 Å². The van der Waals surface area contributed by atoms with E-state index in [1.807, 2.05) is 91.9 Å². The van der Waals surface area contributed by atoms with Crippen molar-refractivity contribution in [2.75, 3.05) is 25.1 Å². The molecule has 1 aromatic heterocycles. The summed E-state index contributed by atoms with van der Waals surface area (Å²) < 4.78 is 32.9. The third-order valence-corrected chi connectivity index (χ3v) is 8.14. The molecule has 0 fully saturated rings. The van der Waals surface area contributed by atoms with E-state index in [2.05, 4.69) is 23.7 Å². The zero-order valence-electron chi connectivity index (χ0n) is 28.4. The number of nitrogens with one attached hydrogen (secondary N) is 1. The van der Waals surface area contributed by atoms with Crippen LogP contribution in [0.1, 0.15) is 55.2 Å². The van der Waals surface area contributed by atoms with Gasteiger partial charge in [-0.05, 0) is 96.6 Å². The van der Waals surface area contributed by atoms with Gasteiger partial charge >= 0.3 is 5.97 Å². The van der Waals surface area contributed by atoms with E-state index in [4.69, 9.17) is 14.2 Å². The van der Waals surface area contributed by atoms with Crippen molar-refractivity contribution in [1.82, 2.24) is 4.57 Å². The van der Waals surface area contributed by atoms with Gasteiger partial charge in [0, 0.05) is 30.1 Å². The summed E-state index contributed by atoms with van der Waals surface area (Å²) in [6.45, 7) is 9.22. The van der Waals surface area contributed by atoms with Gasteiger partial charge < -0.3 is 24.1 Å². The zero-order chi connectivity index (χ0) is 34.8. The number of benzene rings is 4. The Labute approximate surface area is 287 Å². The maximum Gasteiger partial charge on any atom is 0.335 e. The smallest absolute Gasteiger partial charge is 0.335 e. The lowest BCUT2D eigenvalue weighted by Gasteiger charge is -2.18. The van der Waals surface area contributed by atoms with Crippen LogP contribution in [0.4, 0.5) is 10.1 Å². The number of hydrogen-bond acceptors (Lipinski definition) is 5. The molecule has 1 heterocycles. The minimum atomic E-state index is -0.663. The van der Waals surface area contributed by atoms with E-state index >= 15 is 0 Å². The SMILES string of the molecule is CCOC(=O)C(Cc1ccc(OCCn2c(-c3ccc(F)cc3)cc(C(=O)Nc3cccc(-c4ccccc4)c3)c2C(C)C)cc1)OCC. The molecule has 0 saturated heterocycles. The van der Waals surface area contributed by atoms with Crippen LogP contribution in [0.25, 0.3) is 22.4 Å². The molecule has 0 aliphatic heterocycles. The molecule has 7 nitrogen and oxygen atoms in total. The molecule has 1 amide bonds. The van der Waals surface area contributed by atoms with Crippen LogP contribution < -0.4 is 10.1 Å². The minimum absolute atomic E-state index is 0.00238. The number of ether oxygens (including phenoxy) is 3.